The predicted molar refractivity (Wildman–Crippen MR) is 70.3 cm³/mol. The van der Waals surface area contributed by atoms with E-state index in [4.69, 9.17) is 14.2 Å². The molecule has 0 amide bonds. The molecule has 100 valence electrons. The van der Waals surface area contributed by atoms with Crippen LogP contribution in [0.3, 0.4) is 0 Å². The highest BCUT2D eigenvalue weighted by Gasteiger charge is 2.18. The molecule has 0 aromatic heterocycles. The second kappa shape index (κ2) is 6.61. The van der Waals surface area contributed by atoms with Crippen molar-refractivity contribution in [2.24, 2.45) is 0 Å². The van der Waals surface area contributed by atoms with Crippen LogP contribution >= 0.6 is 0 Å². The van der Waals surface area contributed by atoms with Crippen LogP contribution in [0, 0.1) is 0 Å². The zero-order valence-electron chi connectivity index (χ0n) is 11.0. The molecular formula is C14H21NO3. The summed E-state index contributed by atoms with van der Waals surface area (Å²) >= 11 is 0. The lowest BCUT2D eigenvalue weighted by Gasteiger charge is -2.28. The quantitative estimate of drug-likeness (QED) is 0.867. The topological polar surface area (TPSA) is 39.7 Å². The van der Waals surface area contributed by atoms with Gasteiger partial charge in [0.1, 0.15) is 18.1 Å². The fourth-order valence-electron chi connectivity index (χ4n) is 1.83. The van der Waals surface area contributed by atoms with Crippen LogP contribution < -0.4 is 14.8 Å². The highest BCUT2D eigenvalue weighted by molar-refractivity contribution is 5.31. The number of hydrogen-bond donors (Lipinski definition) is 1. The Bertz CT molecular complexity index is 345. The maximum atomic E-state index is 5.72. The SMILES string of the molecule is CCOc1ccc(OCC2COC(C)CN2)cc1. The lowest BCUT2D eigenvalue weighted by molar-refractivity contribution is 0.00456. The maximum Gasteiger partial charge on any atom is 0.119 e. The summed E-state index contributed by atoms with van der Waals surface area (Å²) in [6.07, 6.45) is 0.298. The molecule has 1 saturated heterocycles. The smallest absolute Gasteiger partial charge is 0.119 e. The van der Waals surface area contributed by atoms with E-state index in [1.165, 1.54) is 0 Å². The number of benzene rings is 1. The average molecular weight is 251 g/mol. The van der Waals surface area contributed by atoms with Crippen LogP contribution in [0.25, 0.3) is 0 Å². The first kappa shape index (κ1) is 13.2. The van der Waals surface area contributed by atoms with Crippen molar-refractivity contribution in [2.75, 3.05) is 26.4 Å². The number of nitrogens with one attached hydrogen (secondary N) is 1. The summed E-state index contributed by atoms with van der Waals surface area (Å²) in [6.45, 7) is 6.94. The van der Waals surface area contributed by atoms with Gasteiger partial charge in [0.05, 0.1) is 25.4 Å². The maximum absolute atomic E-state index is 5.72. The lowest BCUT2D eigenvalue weighted by Crippen LogP contribution is -2.48. The van der Waals surface area contributed by atoms with Crippen molar-refractivity contribution in [3.63, 3.8) is 0 Å². The van der Waals surface area contributed by atoms with Crippen molar-refractivity contribution >= 4 is 0 Å². The van der Waals surface area contributed by atoms with Crippen LogP contribution in [-0.4, -0.2) is 38.5 Å². The summed E-state index contributed by atoms with van der Waals surface area (Å²) in [5, 5.41) is 3.40. The first-order valence-corrected chi connectivity index (χ1v) is 6.48. The molecule has 1 aliphatic rings. The van der Waals surface area contributed by atoms with Gasteiger partial charge in [0, 0.05) is 6.54 Å². The van der Waals surface area contributed by atoms with Gasteiger partial charge in [0.15, 0.2) is 0 Å². The molecule has 0 aliphatic carbocycles. The van der Waals surface area contributed by atoms with Crippen LogP contribution in [0.2, 0.25) is 0 Å². The molecule has 0 spiro atoms. The Balaban J connectivity index is 1.76. The Morgan fingerprint density at radius 3 is 2.44 bits per heavy atom. The monoisotopic (exact) mass is 251 g/mol. The standard InChI is InChI=1S/C14H21NO3/c1-3-16-13-4-6-14(7-5-13)18-10-12-9-17-11(2)8-15-12/h4-7,11-12,15H,3,8-10H2,1-2H3. The van der Waals surface area contributed by atoms with E-state index in [0.29, 0.717) is 25.9 Å². The van der Waals surface area contributed by atoms with Gasteiger partial charge in [-0.15, -0.1) is 0 Å². The van der Waals surface area contributed by atoms with Crippen molar-refractivity contribution in [2.45, 2.75) is 26.0 Å². The van der Waals surface area contributed by atoms with Gasteiger partial charge in [-0.1, -0.05) is 0 Å². The minimum Gasteiger partial charge on any atom is -0.494 e. The molecule has 1 aliphatic heterocycles. The summed E-state index contributed by atoms with van der Waals surface area (Å²) in [5.41, 5.74) is 0. The zero-order valence-corrected chi connectivity index (χ0v) is 11.0. The number of hydrogen-bond acceptors (Lipinski definition) is 4. The van der Waals surface area contributed by atoms with Gasteiger partial charge in [0.25, 0.3) is 0 Å². The van der Waals surface area contributed by atoms with Crippen LogP contribution in [0.5, 0.6) is 11.5 Å². The Morgan fingerprint density at radius 2 is 1.89 bits per heavy atom. The van der Waals surface area contributed by atoms with Crippen LogP contribution in [0.1, 0.15) is 13.8 Å². The first-order chi connectivity index (χ1) is 8.78. The molecule has 2 atom stereocenters. The minimum absolute atomic E-state index is 0.271. The molecule has 4 heteroatoms. The van der Waals surface area contributed by atoms with Crippen LogP contribution in [0.4, 0.5) is 0 Å². The van der Waals surface area contributed by atoms with E-state index in [0.717, 1.165) is 18.0 Å². The van der Waals surface area contributed by atoms with Gasteiger partial charge in [-0.2, -0.15) is 0 Å². The summed E-state index contributed by atoms with van der Waals surface area (Å²) in [7, 11) is 0. The van der Waals surface area contributed by atoms with E-state index in [1.54, 1.807) is 0 Å². The molecule has 1 heterocycles. The van der Waals surface area contributed by atoms with Gasteiger partial charge >= 0.3 is 0 Å². The summed E-state index contributed by atoms with van der Waals surface area (Å²) in [6, 6.07) is 7.97. The molecule has 0 radical (unpaired) electrons. The van der Waals surface area contributed by atoms with Crippen LogP contribution in [-0.2, 0) is 4.74 Å². The molecule has 1 aromatic carbocycles. The molecule has 0 bridgehead atoms. The molecule has 2 unspecified atom stereocenters. The number of rotatable bonds is 5. The minimum atomic E-state index is 0.271. The van der Waals surface area contributed by atoms with E-state index in [-0.39, 0.29) is 6.04 Å². The van der Waals surface area contributed by atoms with Crippen molar-refractivity contribution in [1.82, 2.24) is 5.32 Å². The molecule has 0 saturated carbocycles. The molecule has 4 nitrogen and oxygen atoms in total. The Morgan fingerprint density at radius 1 is 1.22 bits per heavy atom. The lowest BCUT2D eigenvalue weighted by atomic mass is 10.2. The largest absolute Gasteiger partial charge is 0.494 e. The van der Waals surface area contributed by atoms with Crippen molar-refractivity contribution < 1.29 is 14.2 Å². The molecule has 2 rings (SSSR count). The van der Waals surface area contributed by atoms with Crippen molar-refractivity contribution in [1.29, 1.82) is 0 Å². The second-order valence-corrected chi connectivity index (χ2v) is 4.46. The van der Waals surface area contributed by atoms with Gasteiger partial charge in [-0.25, -0.2) is 0 Å². The first-order valence-electron chi connectivity index (χ1n) is 6.48. The highest BCUT2D eigenvalue weighted by Crippen LogP contribution is 2.17. The summed E-state index contributed by atoms with van der Waals surface area (Å²) < 4.78 is 16.7. The normalized spacial score (nSPS) is 23.7. The zero-order chi connectivity index (χ0) is 12.8. The highest BCUT2D eigenvalue weighted by atomic mass is 16.5. The Kier molecular flexibility index (Phi) is 4.84. The molecule has 1 N–H and O–H groups in total. The third-order valence-corrected chi connectivity index (χ3v) is 2.86. The van der Waals surface area contributed by atoms with Crippen LogP contribution in [0.15, 0.2) is 24.3 Å². The Hall–Kier alpha value is -1.26. The van der Waals surface area contributed by atoms with Crippen molar-refractivity contribution in [3.05, 3.63) is 24.3 Å². The number of ether oxygens (including phenoxy) is 3. The van der Waals surface area contributed by atoms with Crippen molar-refractivity contribution in [3.8, 4) is 11.5 Å². The summed E-state index contributed by atoms with van der Waals surface area (Å²) in [4.78, 5) is 0. The number of morpholine rings is 1. The van der Waals surface area contributed by atoms with E-state index in [9.17, 15) is 0 Å². The summed E-state index contributed by atoms with van der Waals surface area (Å²) in [5.74, 6) is 1.73. The molecule has 1 fully saturated rings. The van der Waals surface area contributed by atoms with Gasteiger partial charge in [-0.05, 0) is 38.1 Å². The van der Waals surface area contributed by atoms with E-state index in [1.807, 2.05) is 31.2 Å². The van der Waals surface area contributed by atoms with E-state index >= 15 is 0 Å². The fraction of sp³-hybridized carbons (Fsp3) is 0.571. The second-order valence-electron chi connectivity index (χ2n) is 4.46. The van der Waals surface area contributed by atoms with Gasteiger partial charge in [0.2, 0.25) is 0 Å². The van der Waals surface area contributed by atoms with Gasteiger partial charge in [-0.3, -0.25) is 0 Å². The third kappa shape index (κ3) is 3.89. The Labute approximate surface area is 108 Å². The third-order valence-electron chi connectivity index (χ3n) is 2.86. The predicted octanol–water partition coefficient (Wildman–Crippen LogP) is 1.84. The van der Waals surface area contributed by atoms with E-state index in [2.05, 4.69) is 12.2 Å². The fourth-order valence-corrected chi connectivity index (χ4v) is 1.83. The van der Waals surface area contributed by atoms with Gasteiger partial charge < -0.3 is 19.5 Å². The average Bonchev–Trinajstić information content (AvgIpc) is 2.40. The molecule has 18 heavy (non-hydrogen) atoms. The molecule has 1 aromatic rings. The molecular weight excluding hydrogens is 230 g/mol. The van der Waals surface area contributed by atoms with E-state index < -0.39 is 0 Å².